The number of hydrogen-bond donors (Lipinski definition) is 1. The normalized spacial score (nSPS) is 18.2. The summed E-state index contributed by atoms with van der Waals surface area (Å²) in [7, 11) is 0. The molecule has 0 saturated carbocycles. The Morgan fingerprint density at radius 2 is 2.08 bits per heavy atom. The average molecular weight is 176 g/mol. The van der Waals surface area contributed by atoms with E-state index in [1.807, 2.05) is 0 Å². The van der Waals surface area contributed by atoms with Crippen LogP contribution in [0.1, 0.15) is 30.8 Å². The molecule has 13 heavy (non-hydrogen) atoms. The van der Waals surface area contributed by atoms with Crippen LogP contribution < -0.4 is 5.32 Å². The Labute approximate surface area is 79.4 Å². The van der Waals surface area contributed by atoms with Crippen molar-refractivity contribution < 1.29 is 0 Å². The summed E-state index contributed by atoms with van der Waals surface area (Å²) in [6.45, 7) is 9.64. The summed E-state index contributed by atoms with van der Waals surface area (Å²) >= 11 is 0. The molecule has 0 aliphatic carbocycles. The molecule has 2 nitrogen and oxygen atoms in total. The van der Waals surface area contributed by atoms with Gasteiger partial charge in [0.05, 0.1) is 11.4 Å². The van der Waals surface area contributed by atoms with Gasteiger partial charge >= 0.3 is 0 Å². The molecule has 1 N–H and O–H groups in total. The van der Waals surface area contributed by atoms with Crippen LogP contribution in [-0.2, 0) is 5.41 Å². The van der Waals surface area contributed by atoms with Crippen LogP contribution in [0.3, 0.4) is 0 Å². The number of fused-ring (bicyclic) bond motifs is 1. The van der Waals surface area contributed by atoms with Crippen LogP contribution in [0.25, 0.3) is 0 Å². The van der Waals surface area contributed by atoms with Crippen molar-refractivity contribution in [2.24, 2.45) is 0 Å². The van der Waals surface area contributed by atoms with Crippen molar-refractivity contribution >= 4 is 5.69 Å². The number of hydrogen-bond acceptors (Lipinski definition) is 2. The van der Waals surface area contributed by atoms with Crippen molar-refractivity contribution in [1.82, 2.24) is 4.98 Å². The van der Waals surface area contributed by atoms with Crippen LogP contribution in [0.2, 0.25) is 0 Å². The maximum Gasteiger partial charge on any atom is 0.0711 e. The number of nitrogens with one attached hydrogen (secondary N) is 1. The standard InChI is InChI=1S/C11H16N2/c1-7-5-9-10(13-8(7)2)11(3,4)6-12-9/h5,12H,6H2,1-4H3. The first-order chi connectivity index (χ1) is 6.00. The molecule has 0 saturated heterocycles. The smallest absolute Gasteiger partial charge is 0.0711 e. The van der Waals surface area contributed by atoms with Gasteiger partial charge in [-0.1, -0.05) is 13.8 Å². The lowest BCUT2D eigenvalue weighted by molar-refractivity contribution is 0.567. The molecule has 0 atom stereocenters. The van der Waals surface area contributed by atoms with Gasteiger partial charge in [-0.15, -0.1) is 0 Å². The van der Waals surface area contributed by atoms with Crippen molar-refractivity contribution in [3.8, 4) is 0 Å². The summed E-state index contributed by atoms with van der Waals surface area (Å²) < 4.78 is 0. The minimum atomic E-state index is 0.188. The summed E-state index contributed by atoms with van der Waals surface area (Å²) in [5, 5.41) is 3.40. The lowest BCUT2D eigenvalue weighted by atomic mass is 9.91. The van der Waals surface area contributed by atoms with Crippen molar-refractivity contribution in [3.63, 3.8) is 0 Å². The molecule has 0 spiro atoms. The first-order valence-electron chi connectivity index (χ1n) is 4.73. The number of pyridine rings is 1. The lowest BCUT2D eigenvalue weighted by Crippen LogP contribution is -2.20. The third kappa shape index (κ3) is 1.21. The number of aromatic nitrogens is 1. The molecule has 0 amide bonds. The predicted molar refractivity (Wildman–Crippen MR) is 55.2 cm³/mol. The van der Waals surface area contributed by atoms with Gasteiger partial charge in [0.2, 0.25) is 0 Å². The zero-order chi connectivity index (χ0) is 9.64. The number of aryl methyl sites for hydroxylation is 2. The highest BCUT2D eigenvalue weighted by molar-refractivity contribution is 5.58. The predicted octanol–water partition coefficient (Wildman–Crippen LogP) is 2.40. The summed E-state index contributed by atoms with van der Waals surface area (Å²) in [6, 6.07) is 2.20. The Morgan fingerprint density at radius 3 is 2.77 bits per heavy atom. The molecule has 70 valence electrons. The van der Waals surface area contributed by atoms with Gasteiger partial charge in [-0.2, -0.15) is 0 Å². The highest BCUT2D eigenvalue weighted by Gasteiger charge is 2.31. The van der Waals surface area contributed by atoms with Crippen LogP contribution in [0, 0.1) is 13.8 Å². The summed E-state index contributed by atoms with van der Waals surface area (Å²) in [5.41, 5.74) is 5.04. The van der Waals surface area contributed by atoms with Crippen LogP contribution >= 0.6 is 0 Å². The molecule has 1 aromatic rings. The summed E-state index contributed by atoms with van der Waals surface area (Å²) in [4.78, 5) is 4.64. The SMILES string of the molecule is Cc1cc2c(nc1C)C(C)(C)CN2. The largest absolute Gasteiger partial charge is 0.383 e. The van der Waals surface area contributed by atoms with E-state index in [2.05, 4.69) is 44.1 Å². The van der Waals surface area contributed by atoms with Crippen LogP contribution in [0.5, 0.6) is 0 Å². The van der Waals surface area contributed by atoms with Gasteiger partial charge in [-0.05, 0) is 25.5 Å². The molecule has 0 bridgehead atoms. The van der Waals surface area contributed by atoms with E-state index in [0.29, 0.717) is 0 Å². The number of rotatable bonds is 0. The Kier molecular flexibility index (Phi) is 1.62. The third-order valence-electron chi connectivity index (χ3n) is 2.83. The average Bonchev–Trinajstić information content (AvgIpc) is 2.31. The first-order valence-corrected chi connectivity index (χ1v) is 4.73. The van der Waals surface area contributed by atoms with Gasteiger partial charge in [-0.3, -0.25) is 4.98 Å². The van der Waals surface area contributed by atoms with Crippen molar-refractivity contribution in [2.75, 3.05) is 11.9 Å². The van der Waals surface area contributed by atoms with E-state index in [1.54, 1.807) is 0 Å². The molecule has 0 fully saturated rings. The fourth-order valence-electron chi connectivity index (χ4n) is 1.76. The molecule has 1 aromatic heterocycles. The highest BCUT2D eigenvalue weighted by atomic mass is 15.0. The second-order valence-corrected chi connectivity index (χ2v) is 4.52. The Balaban J connectivity index is 2.61. The topological polar surface area (TPSA) is 24.9 Å². The van der Waals surface area contributed by atoms with E-state index in [-0.39, 0.29) is 5.41 Å². The van der Waals surface area contributed by atoms with E-state index in [4.69, 9.17) is 0 Å². The minimum Gasteiger partial charge on any atom is -0.383 e. The van der Waals surface area contributed by atoms with Crippen LogP contribution in [0.4, 0.5) is 5.69 Å². The molecule has 1 aliphatic rings. The molecule has 2 heteroatoms. The van der Waals surface area contributed by atoms with E-state index in [9.17, 15) is 0 Å². The molecule has 0 unspecified atom stereocenters. The molecule has 0 aromatic carbocycles. The van der Waals surface area contributed by atoms with Gasteiger partial charge in [0.25, 0.3) is 0 Å². The van der Waals surface area contributed by atoms with E-state index in [0.717, 1.165) is 12.2 Å². The Hall–Kier alpha value is -1.05. The van der Waals surface area contributed by atoms with E-state index in [1.165, 1.54) is 16.9 Å². The second kappa shape index (κ2) is 2.47. The fourth-order valence-corrected chi connectivity index (χ4v) is 1.76. The van der Waals surface area contributed by atoms with Crippen molar-refractivity contribution in [1.29, 1.82) is 0 Å². The van der Waals surface area contributed by atoms with E-state index >= 15 is 0 Å². The van der Waals surface area contributed by atoms with E-state index < -0.39 is 0 Å². The molecular formula is C11H16N2. The van der Waals surface area contributed by atoms with Gasteiger partial charge < -0.3 is 5.32 Å². The molecule has 2 heterocycles. The molecule has 2 rings (SSSR count). The lowest BCUT2D eigenvalue weighted by Gasteiger charge is -2.16. The summed E-state index contributed by atoms with van der Waals surface area (Å²) in [5.74, 6) is 0. The van der Waals surface area contributed by atoms with Gasteiger partial charge in [0, 0.05) is 17.7 Å². The van der Waals surface area contributed by atoms with Crippen molar-refractivity contribution in [3.05, 3.63) is 23.0 Å². The number of nitrogens with zero attached hydrogens (tertiary/aromatic N) is 1. The monoisotopic (exact) mass is 176 g/mol. The molecule has 1 aliphatic heterocycles. The third-order valence-corrected chi connectivity index (χ3v) is 2.83. The Bertz CT molecular complexity index is 353. The molecule has 0 radical (unpaired) electrons. The van der Waals surface area contributed by atoms with Crippen molar-refractivity contribution in [2.45, 2.75) is 33.1 Å². The zero-order valence-corrected chi connectivity index (χ0v) is 8.73. The fraction of sp³-hybridized carbons (Fsp3) is 0.545. The summed E-state index contributed by atoms with van der Waals surface area (Å²) in [6.07, 6.45) is 0. The van der Waals surface area contributed by atoms with Crippen LogP contribution in [-0.4, -0.2) is 11.5 Å². The van der Waals surface area contributed by atoms with Gasteiger partial charge in [0.1, 0.15) is 0 Å². The maximum atomic E-state index is 4.64. The van der Waals surface area contributed by atoms with Gasteiger partial charge in [-0.25, -0.2) is 0 Å². The minimum absolute atomic E-state index is 0.188. The first kappa shape index (κ1) is 8.54. The van der Waals surface area contributed by atoms with Gasteiger partial charge in [0.15, 0.2) is 0 Å². The second-order valence-electron chi connectivity index (χ2n) is 4.52. The maximum absolute atomic E-state index is 4.64. The molecular weight excluding hydrogens is 160 g/mol. The quantitative estimate of drug-likeness (QED) is 0.656. The van der Waals surface area contributed by atoms with Crippen LogP contribution in [0.15, 0.2) is 6.07 Å². The number of anilines is 1. The highest BCUT2D eigenvalue weighted by Crippen LogP contribution is 2.35. The zero-order valence-electron chi connectivity index (χ0n) is 8.73. The Morgan fingerprint density at radius 1 is 1.38 bits per heavy atom.